The van der Waals surface area contributed by atoms with Gasteiger partial charge in [0.1, 0.15) is 5.60 Å². The van der Waals surface area contributed by atoms with Crippen LogP contribution in [-0.2, 0) is 9.47 Å². The number of rotatable bonds is 6. The lowest BCUT2D eigenvalue weighted by Gasteiger charge is -2.38. The third-order valence-electron chi connectivity index (χ3n) is 7.27. The molecule has 0 radical (unpaired) electrons. The molecule has 1 amide bonds. The monoisotopic (exact) mass is 379 g/mol. The van der Waals surface area contributed by atoms with E-state index in [0.717, 1.165) is 65.3 Å². The second kappa shape index (κ2) is 8.66. The number of carbonyl (C=O) groups excluding carboxylic acids is 1. The number of ether oxygens (including phenoxy) is 2. The van der Waals surface area contributed by atoms with E-state index in [0.29, 0.717) is 12.0 Å². The van der Waals surface area contributed by atoms with E-state index in [2.05, 4.69) is 16.8 Å². The van der Waals surface area contributed by atoms with E-state index < -0.39 is 0 Å². The van der Waals surface area contributed by atoms with Gasteiger partial charge in [-0.2, -0.15) is 0 Å². The first kappa shape index (κ1) is 19.5. The molecule has 1 saturated carbocycles. The van der Waals surface area contributed by atoms with Crippen LogP contribution >= 0.6 is 0 Å². The fourth-order valence-electron chi connectivity index (χ4n) is 5.34. The van der Waals surface area contributed by atoms with Gasteiger partial charge in [-0.25, -0.2) is 4.79 Å². The molecule has 3 heterocycles. The molecule has 0 aromatic carbocycles. The zero-order valence-electron chi connectivity index (χ0n) is 17.0. The molecule has 4 fully saturated rings. The van der Waals surface area contributed by atoms with E-state index in [-0.39, 0.29) is 11.7 Å². The Bertz CT molecular complexity index is 495. The number of nitrogens with zero attached hydrogens (tertiary/aromatic N) is 3. The lowest BCUT2D eigenvalue weighted by Crippen LogP contribution is -2.48. The summed E-state index contributed by atoms with van der Waals surface area (Å²) in [7, 11) is 2.22. The molecule has 3 aliphatic heterocycles. The average molecular weight is 380 g/mol. The smallest absolute Gasteiger partial charge is 0.410 e. The molecule has 0 bridgehead atoms. The molecular weight excluding hydrogens is 342 g/mol. The molecule has 27 heavy (non-hydrogen) atoms. The van der Waals surface area contributed by atoms with Gasteiger partial charge in [-0.3, -0.25) is 0 Å². The van der Waals surface area contributed by atoms with Gasteiger partial charge in [0.2, 0.25) is 0 Å². The molecule has 0 aromatic rings. The first-order valence-electron chi connectivity index (χ1n) is 11.1. The molecule has 0 unspecified atom stereocenters. The molecule has 1 atom stereocenters. The highest BCUT2D eigenvalue weighted by atomic mass is 16.6. The minimum atomic E-state index is -0.233. The van der Waals surface area contributed by atoms with E-state index in [4.69, 9.17) is 9.47 Å². The van der Waals surface area contributed by atoms with Crippen LogP contribution in [0.3, 0.4) is 0 Å². The van der Waals surface area contributed by atoms with Crippen molar-refractivity contribution in [3.05, 3.63) is 0 Å². The van der Waals surface area contributed by atoms with Gasteiger partial charge in [0.15, 0.2) is 0 Å². The lowest BCUT2D eigenvalue weighted by atomic mass is 9.90. The maximum absolute atomic E-state index is 12.5. The second-order valence-electron chi connectivity index (χ2n) is 9.28. The van der Waals surface area contributed by atoms with Crippen LogP contribution < -0.4 is 0 Å². The molecule has 0 aromatic heterocycles. The molecule has 6 nitrogen and oxygen atoms in total. The third-order valence-corrected chi connectivity index (χ3v) is 7.27. The fourth-order valence-corrected chi connectivity index (χ4v) is 5.34. The number of piperidine rings is 1. The van der Waals surface area contributed by atoms with Gasteiger partial charge < -0.3 is 24.2 Å². The van der Waals surface area contributed by atoms with Gasteiger partial charge in [-0.1, -0.05) is 19.3 Å². The maximum atomic E-state index is 12.5. The Morgan fingerprint density at radius 3 is 2.63 bits per heavy atom. The summed E-state index contributed by atoms with van der Waals surface area (Å²) in [5.74, 6) is 0.692. The van der Waals surface area contributed by atoms with E-state index in [9.17, 15) is 4.79 Å². The number of carbonyl (C=O) groups is 1. The second-order valence-corrected chi connectivity index (χ2v) is 9.28. The summed E-state index contributed by atoms with van der Waals surface area (Å²) in [6.07, 6.45) is 9.77. The predicted molar refractivity (Wildman–Crippen MR) is 105 cm³/mol. The number of likely N-dealkylation sites (tertiary alicyclic amines) is 1. The molecule has 6 heteroatoms. The third kappa shape index (κ3) is 4.77. The van der Waals surface area contributed by atoms with Gasteiger partial charge in [0, 0.05) is 58.2 Å². The van der Waals surface area contributed by atoms with Crippen molar-refractivity contribution in [3.8, 4) is 0 Å². The summed E-state index contributed by atoms with van der Waals surface area (Å²) in [4.78, 5) is 19.4. The molecule has 0 N–H and O–H groups in total. The maximum Gasteiger partial charge on any atom is 0.410 e. The average Bonchev–Trinajstić information content (AvgIpc) is 3.30. The Morgan fingerprint density at radius 2 is 1.93 bits per heavy atom. The summed E-state index contributed by atoms with van der Waals surface area (Å²) < 4.78 is 11.4. The molecule has 1 spiro atoms. The summed E-state index contributed by atoms with van der Waals surface area (Å²) in [6, 6.07) is 0.703. The molecule has 3 saturated heterocycles. The fraction of sp³-hybridized carbons (Fsp3) is 0.952. The molecule has 4 rings (SSSR count). The lowest BCUT2D eigenvalue weighted by molar-refractivity contribution is -0.00293. The van der Waals surface area contributed by atoms with Gasteiger partial charge >= 0.3 is 6.09 Å². The van der Waals surface area contributed by atoms with Crippen LogP contribution in [0.5, 0.6) is 0 Å². The molecule has 154 valence electrons. The Balaban J connectivity index is 1.21. The van der Waals surface area contributed by atoms with Crippen LogP contribution in [0.4, 0.5) is 4.79 Å². The van der Waals surface area contributed by atoms with E-state index >= 15 is 0 Å². The highest BCUT2D eigenvalue weighted by Gasteiger charge is 2.47. The van der Waals surface area contributed by atoms with Crippen LogP contribution in [0.1, 0.15) is 51.4 Å². The molecule has 4 aliphatic rings. The molecule has 1 aliphatic carbocycles. The van der Waals surface area contributed by atoms with Crippen LogP contribution in [-0.4, -0.2) is 92.0 Å². The zero-order chi connectivity index (χ0) is 18.7. The van der Waals surface area contributed by atoms with Crippen molar-refractivity contribution < 1.29 is 14.3 Å². The van der Waals surface area contributed by atoms with E-state index in [1.807, 2.05) is 4.90 Å². The van der Waals surface area contributed by atoms with Crippen molar-refractivity contribution in [1.82, 2.24) is 14.7 Å². The largest absolute Gasteiger partial charge is 0.441 e. The van der Waals surface area contributed by atoms with Crippen LogP contribution in [0.25, 0.3) is 0 Å². The predicted octanol–water partition coefficient (Wildman–Crippen LogP) is 2.57. The van der Waals surface area contributed by atoms with Gasteiger partial charge in [-0.15, -0.1) is 0 Å². The first-order valence-corrected chi connectivity index (χ1v) is 11.1. The zero-order valence-corrected chi connectivity index (χ0v) is 17.0. The SMILES string of the molecule is CN(CCN1CC2(CCN(C[C@@H]3CCOC3)CC2)OC1=O)C1CCCCC1. The summed E-state index contributed by atoms with van der Waals surface area (Å²) in [6.45, 7) is 7.60. The normalized spacial score (nSPS) is 29.8. The number of hydrogen-bond donors (Lipinski definition) is 0. The number of amides is 1. The van der Waals surface area contributed by atoms with Crippen molar-refractivity contribution in [2.45, 2.75) is 63.0 Å². The standard InChI is InChI=1S/C21H37N3O3/c1-22(19-5-3-2-4-6-19)12-13-24-17-21(27-20(24)25)8-10-23(11-9-21)15-18-7-14-26-16-18/h18-19H,2-17H2,1H3/t18-/m0/s1. The Morgan fingerprint density at radius 1 is 1.15 bits per heavy atom. The summed E-state index contributed by atoms with van der Waals surface area (Å²) in [5.41, 5.74) is -0.233. The minimum Gasteiger partial charge on any atom is -0.441 e. The van der Waals surface area contributed by atoms with Crippen LogP contribution in [0.15, 0.2) is 0 Å². The van der Waals surface area contributed by atoms with Gasteiger partial charge in [0.25, 0.3) is 0 Å². The highest BCUT2D eigenvalue weighted by molar-refractivity contribution is 5.70. The van der Waals surface area contributed by atoms with Crippen molar-refractivity contribution in [3.63, 3.8) is 0 Å². The van der Waals surface area contributed by atoms with E-state index in [1.165, 1.54) is 38.5 Å². The Hall–Kier alpha value is -0.850. The van der Waals surface area contributed by atoms with Crippen molar-refractivity contribution >= 4 is 6.09 Å². The van der Waals surface area contributed by atoms with Crippen molar-refractivity contribution in [2.24, 2.45) is 5.92 Å². The van der Waals surface area contributed by atoms with E-state index in [1.54, 1.807) is 0 Å². The quantitative estimate of drug-likeness (QED) is 0.710. The highest BCUT2D eigenvalue weighted by Crippen LogP contribution is 2.34. The van der Waals surface area contributed by atoms with Gasteiger partial charge in [-0.05, 0) is 32.2 Å². The van der Waals surface area contributed by atoms with Crippen LogP contribution in [0.2, 0.25) is 0 Å². The first-order chi connectivity index (χ1) is 13.1. The minimum absolute atomic E-state index is 0.0929. The number of likely N-dealkylation sites (N-methyl/N-ethyl adjacent to an activating group) is 1. The summed E-state index contributed by atoms with van der Waals surface area (Å²) >= 11 is 0. The Kier molecular flexibility index (Phi) is 6.25. The van der Waals surface area contributed by atoms with Crippen molar-refractivity contribution in [2.75, 3.05) is 59.5 Å². The van der Waals surface area contributed by atoms with Gasteiger partial charge in [0.05, 0.1) is 13.2 Å². The van der Waals surface area contributed by atoms with Crippen LogP contribution in [0, 0.1) is 5.92 Å². The number of hydrogen-bond acceptors (Lipinski definition) is 5. The Labute approximate surface area is 164 Å². The van der Waals surface area contributed by atoms with Crippen molar-refractivity contribution in [1.29, 1.82) is 0 Å². The topological polar surface area (TPSA) is 45.2 Å². The summed E-state index contributed by atoms with van der Waals surface area (Å²) in [5, 5.41) is 0. The molecular formula is C21H37N3O3.